The van der Waals surface area contributed by atoms with E-state index >= 15 is 0 Å². The predicted octanol–water partition coefficient (Wildman–Crippen LogP) is 2.07. The molecule has 4 rings (SSSR count). The Hall–Kier alpha value is -3.81. The lowest BCUT2D eigenvalue weighted by molar-refractivity contribution is -0.122. The van der Waals surface area contributed by atoms with Gasteiger partial charge in [-0.2, -0.15) is 0 Å². The molecule has 8 heteroatoms. The summed E-state index contributed by atoms with van der Waals surface area (Å²) in [7, 11) is 0. The zero-order chi connectivity index (χ0) is 19.5. The minimum absolute atomic E-state index is 0.0769. The van der Waals surface area contributed by atoms with Crippen molar-refractivity contribution in [3.63, 3.8) is 0 Å². The Morgan fingerprint density at radius 2 is 1.82 bits per heavy atom. The topological polar surface area (TPSA) is 103 Å². The quantitative estimate of drug-likeness (QED) is 0.573. The van der Waals surface area contributed by atoms with Crippen molar-refractivity contribution >= 4 is 16.8 Å². The molecule has 0 saturated heterocycles. The minimum Gasteiger partial charge on any atom is -0.419 e. The maximum atomic E-state index is 12.6. The monoisotopic (exact) mass is 375 g/mol. The second kappa shape index (κ2) is 7.43. The number of carbonyl (C=O) groups is 1. The molecule has 0 unspecified atom stereocenters. The van der Waals surface area contributed by atoms with Crippen molar-refractivity contribution in [3.8, 4) is 11.5 Å². The van der Waals surface area contributed by atoms with E-state index in [4.69, 9.17) is 4.42 Å². The van der Waals surface area contributed by atoms with Gasteiger partial charge in [0.05, 0.1) is 17.4 Å². The Balaban J connectivity index is 1.45. The molecule has 0 saturated carbocycles. The third-order valence-corrected chi connectivity index (χ3v) is 4.28. The Labute approximate surface area is 159 Å². The van der Waals surface area contributed by atoms with E-state index in [0.717, 1.165) is 5.56 Å². The van der Waals surface area contributed by atoms with Gasteiger partial charge in [-0.15, -0.1) is 10.2 Å². The predicted molar refractivity (Wildman–Crippen MR) is 102 cm³/mol. The second-order valence-corrected chi connectivity index (χ2v) is 6.21. The van der Waals surface area contributed by atoms with Crippen LogP contribution in [0.1, 0.15) is 11.7 Å². The highest BCUT2D eigenvalue weighted by atomic mass is 16.4. The average molecular weight is 375 g/mol. The molecule has 2 aromatic carbocycles. The summed E-state index contributed by atoms with van der Waals surface area (Å²) in [5, 5.41) is 11.1. The maximum Gasteiger partial charge on any atom is 0.261 e. The van der Waals surface area contributed by atoms with Crippen molar-refractivity contribution in [1.29, 1.82) is 0 Å². The number of para-hydroxylation sites is 1. The van der Waals surface area contributed by atoms with Gasteiger partial charge in [-0.05, 0) is 31.2 Å². The highest BCUT2D eigenvalue weighted by Crippen LogP contribution is 2.16. The first-order valence-corrected chi connectivity index (χ1v) is 8.72. The van der Waals surface area contributed by atoms with E-state index < -0.39 is 0 Å². The molecular weight excluding hydrogens is 358 g/mol. The van der Waals surface area contributed by atoms with Gasteiger partial charge in [-0.1, -0.05) is 30.3 Å². The van der Waals surface area contributed by atoms with E-state index in [1.54, 1.807) is 25.1 Å². The number of fused-ring (bicyclic) bond motifs is 1. The second-order valence-electron chi connectivity index (χ2n) is 6.21. The van der Waals surface area contributed by atoms with E-state index in [1.165, 1.54) is 4.57 Å². The van der Waals surface area contributed by atoms with Gasteiger partial charge >= 0.3 is 0 Å². The van der Waals surface area contributed by atoms with Crippen LogP contribution < -0.4 is 10.9 Å². The molecule has 140 valence electrons. The molecule has 0 atom stereocenters. The molecule has 28 heavy (non-hydrogen) atoms. The number of nitrogens with zero attached hydrogens (tertiary/aromatic N) is 4. The number of hydrogen-bond acceptors (Lipinski definition) is 6. The van der Waals surface area contributed by atoms with Crippen molar-refractivity contribution in [2.45, 2.75) is 20.0 Å². The molecule has 8 nitrogen and oxygen atoms in total. The Morgan fingerprint density at radius 3 is 2.64 bits per heavy atom. The lowest BCUT2D eigenvalue weighted by atomic mass is 10.2. The van der Waals surface area contributed by atoms with Crippen molar-refractivity contribution in [3.05, 3.63) is 76.7 Å². The number of benzene rings is 2. The molecule has 0 aliphatic carbocycles. The fourth-order valence-corrected chi connectivity index (χ4v) is 2.86. The Bertz CT molecular complexity index is 1200. The molecule has 0 fully saturated rings. The standard InChI is InChI=1S/C20H17N5O3/c1-13-22-16-10-6-5-9-15(16)20(27)25(13)12-17(26)21-11-18-23-24-19(28-18)14-7-3-2-4-8-14/h2-10H,11-12H2,1H3,(H,21,26). The fourth-order valence-electron chi connectivity index (χ4n) is 2.86. The number of carbonyl (C=O) groups excluding carboxylic acids is 1. The van der Waals surface area contributed by atoms with Gasteiger partial charge in [0.25, 0.3) is 5.56 Å². The molecule has 0 bridgehead atoms. The molecule has 2 aromatic heterocycles. The van der Waals surface area contributed by atoms with Crippen LogP contribution in [0.3, 0.4) is 0 Å². The molecule has 0 aliphatic heterocycles. The number of amides is 1. The van der Waals surface area contributed by atoms with Crippen molar-refractivity contribution in [2.75, 3.05) is 0 Å². The van der Waals surface area contributed by atoms with E-state index in [1.807, 2.05) is 36.4 Å². The van der Waals surface area contributed by atoms with Crippen LogP contribution in [-0.2, 0) is 17.9 Å². The Kier molecular flexibility index (Phi) is 4.67. The zero-order valence-electron chi connectivity index (χ0n) is 15.1. The first-order valence-electron chi connectivity index (χ1n) is 8.72. The summed E-state index contributed by atoms with van der Waals surface area (Å²) in [6.07, 6.45) is 0. The first-order chi connectivity index (χ1) is 13.6. The number of nitrogens with one attached hydrogen (secondary N) is 1. The van der Waals surface area contributed by atoms with Crippen LogP contribution in [0.2, 0.25) is 0 Å². The average Bonchev–Trinajstić information content (AvgIpc) is 3.19. The van der Waals surface area contributed by atoms with Crippen molar-refractivity contribution < 1.29 is 9.21 Å². The van der Waals surface area contributed by atoms with Crippen LogP contribution in [0, 0.1) is 6.92 Å². The highest BCUT2D eigenvalue weighted by Gasteiger charge is 2.13. The van der Waals surface area contributed by atoms with E-state index in [-0.39, 0.29) is 30.4 Å². The normalized spacial score (nSPS) is 10.9. The number of hydrogen-bond donors (Lipinski definition) is 1. The molecule has 1 amide bonds. The first kappa shape index (κ1) is 17.6. The SMILES string of the molecule is Cc1nc2ccccc2c(=O)n1CC(=O)NCc1nnc(-c2ccccc2)o1. The van der Waals surface area contributed by atoms with Gasteiger partial charge in [0.1, 0.15) is 12.4 Å². The van der Waals surface area contributed by atoms with E-state index in [2.05, 4.69) is 20.5 Å². The molecule has 4 aromatic rings. The van der Waals surface area contributed by atoms with Crippen LogP contribution in [0.15, 0.2) is 63.8 Å². The lowest BCUT2D eigenvalue weighted by Crippen LogP contribution is -2.33. The van der Waals surface area contributed by atoms with Crippen LogP contribution in [0.25, 0.3) is 22.4 Å². The van der Waals surface area contributed by atoms with Gasteiger partial charge in [-0.3, -0.25) is 14.2 Å². The summed E-state index contributed by atoms with van der Waals surface area (Å²) < 4.78 is 6.91. The van der Waals surface area contributed by atoms with Crippen molar-refractivity contribution in [1.82, 2.24) is 25.1 Å². The summed E-state index contributed by atoms with van der Waals surface area (Å²) in [6, 6.07) is 16.4. The minimum atomic E-state index is -0.346. The summed E-state index contributed by atoms with van der Waals surface area (Å²) in [5.74, 6) is 0.799. The highest BCUT2D eigenvalue weighted by molar-refractivity contribution is 5.79. The van der Waals surface area contributed by atoms with Gasteiger partial charge in [0.15, 0.2) is 0 Å². The van der Waals surface area contributed by atoms with Gasteiger partial charge in [0, 0.05) is 5.56 Å². The van der Waals surface area contributed by atoms with Gasteiger partial charge < -0.3 is 9.73 Å². The van der Waals surface area contributed by atoms with E-state index in [0.29, 0.717) is 22.6 Å². The Morgan fingerprint density at radius 1 is 1.07 bits per heavy atom. The third kappa shape index (κ3) is 3.52. The summed E-state index contributed by atoms with van der Waals surface area (Å²) >= 11 is 0. The van der Waals surface area contributed by atoms with Crippen molar-refractivity contribution in [2.24, 2.45) is 0 Å². The molecule has 0 aliphatic rings. The lowest BCUT2D eigenvalue weighted by Gasteiger charge is -2.10. The molecule has 0 spiro atoms. The maximum absolute atomic E-state index is 12.6. The number of aryl methyl sites for hydroxylation is 1. The molecular formula is C20H17N5O3. The van der Waals surface area contributed by atoms with E-state index in [9.17, 15) is 9.59 Å². The third-order valence-electron chi connectivity index (χ3n) is 4.28. The number of aromatic nitrogens is 4. The van der Waals surface area contributed by atoms with Gasteiger partial charge in [0.2, 0.25) is 17.7 Å². The largest absolute Gasteiger partial charge is 0.419 e. The molecule has 2 heterocycles. The fraction of sp³-hybridized carbons (Fsp3) is 0.150. The van der Waals surface area contributed by atoms with Crippen LogP contribution in [0.5, 0.6) is 0 Å². The number of rotatable bonds is 5. The van der Waals surface area contributed by atoms with Gasteiger partial charge in [-0.25, -0.2) is 4.98 Å². The molecule has 0 radical (unpaired) electrons. The smallest absolute Gasteiger partial charge is 0.261 e. The summed E-state index contributed by atoms with van der Waals surface area (Å²) in [4.78, 5) is 29.3. The van der Waals surface area contributed by atoms with Crippen LogP contribution in [0.4, 0.5) is 0 Å². The summed E-state index contributed by atoms with van der Waals surface area (Å²) in [6.45, 7) is 1.64. The van der Waals surface area contributed by atoms with Crippen LogP contribution >= 0.6 is 0 Å². The summed E-state index contributed by atoms with van der Waals surface area (Å²) in [5.41, 5.74) is 1.17. The zero-order valence-corrected chi connectivity index (χ0v) is 15.1. The molecule has 1 N–H and O–H groups in total. The van der Waals surface area contributed by atoms with Crippen LogP contribution in [-0.4, -0.2) is 25.7 Å².